The largest absolute Gasteiger partial charge is 0.385 e. The summed E-state index contributed by atoms with van der Waals surface area (Å²) in [6.45, 7) is 8.43. The molecule has 114 valence electrons. The molecule has 0 aromatic carbocycles. The molecule has 20 heavy (non-hydrogen) atoms. The fraction of sp³-hybridized carbons (Fsp3) is 0.800. The van der Waals surface area contributed by atoms with Crippen molar-refractivity contribution >= 4 is 5.95 Å². The fourth-order valence-corrected chi connectivity index (χ4v) is 2.95. The Morgan fingerprint density at radius 2 is 2.30 bits per heavy atom. The first kappa shape index (κ1) is 15.3. The number of ether oxygens (including phenoxy) is 1. The summed E-state index contributed by atoms with van der Waals surface area (Å²) in [6, 6.07) is 0.522. The molecule has 0 saturated carbocycles. The van der Waals surface area contributed by atoms with Gasteiger partial charge in [-0.3, -0.25) is 0 Å². The molecule has 5 nitrogen and oxygen atoms in total. The Labute approximate surface area is 122 Å². The van der Waals surface area contributed by atoms with Crippen molar-refractivity contribution in [2.75, 3.05) is 39.2 Å². The summed E-state index contributed by atoms with van der Waals surface area (Å²) in [4.78, 5) is 7.04. The standard InChI is InChI=1S/C15H28N4O/c1-12-10-18(3)8-6-14(12)17-15-16-13(2)11-19(15)7-5-9-20-4/h11-12,14H,5-10H2,1-4H3,(H,16,17). The molecule has 2 heterocycles. The molecular formula is C15H28N4O. The van der Waals surface area contributed by atoms with Crippen LogP contribution in [0, 0.1) is 12.8 Å². The van der Waals surface area contributed by atoms with E-state index in [1.807, 2.05) is 0 Å². The maximum absolute atomic E-state index is 5.13. The highest BCUT2D eigenvalue weighted by molar-refractivity contribution is 5.30. The second-order valence-corrected chi connectivity index (χ2v) is 6.02. The number of nitrogens with one attached hydrogen (secondary N) is 1. The van der Waals surface area contributed by atoms with E-state index in [1.54, 1.807) is 7.11 Å². The summed E-state index contributed by atoms with van der Waals surface area (Å²) in [7, 11) is 3.95. The first-order valence-corrected chi connectivity index (χ1v) is 7.58. The number of likely N-dealkylation sites (tertiary alicyclic amines) is 1. The van der Waals surface area contributed by atoms with Gasteiger partial charge in [0.1, 0.15) is 0 Å². The number of imidazole rings is 1. The number of hydrogen-bond donors (Lipinski definition) is 1. The molecule has 0 bridgehead atoms. The van der Waals surface area contributed by atoms with Crippen molar-refractivity contribution in [2.24, 2.45) is 5.92 Å². The molecule has 1 aromatic rings. The Morgan fingerprint density at radius 3 is 3.00 bits per heavy atom. The molecule has 1 aliphatic heterocycles. The summed E-state index contributed by atoms with van der Waals surface area (Å²) in [6.07, 6.45) is 4.32. The van der Waals surface area contributed by atoms with Gasteiger partial charge in [-0.25, -0.2) is 4.98 Å². The smallest absolute Gasteiger partial charge is 0.203 e. The maximum atomic E-state index is 5.13. The van der Waals surface area contributed by atoms with Crippen LogP contribution in [0.1, 0.15) is 25.5 Å². The van der Waals surface area contributed by atoms with Gasteiger partial charge in [-0.05, 0) is 39.3 Å². The van der Waals surface area contributed by atoms with Gasteiger partial charge in [-0.1, -0.05) is 6.92 Å². The molecule has 1 aliphatic rings. The molecule has 1 saturated heterocycles. The molecule has 1 aromatic heterocycles. The van der Waals surface area contributed by atoms with Gasteiger partial charge in [0.2, 0.25) is 5.95 Å². The lowest BCUT2D eigenvalue weighted by molar-refractivity contribution is 0.190. The minimum absolute atomic E-state index is 0.522. The van der Waals surface area contributed by atoms with Gasteiger partial charge in [0.25, 0.3) is 0 Å². The third-order valence-electron chi connectivity index (χ3n) is 4.07. The van der Waals surface area contributed by atoms with Crippen molar-refractivity contribution in [1.82, 2.24) is 14.5 Å². The summed E-state index contributed by atoms with van der Waals surface area (Å²) < 4.78 is 7.35. The zero-order chi connectivity index (χ0) is 14.5. The first-order chi connectivity index (χ1) is 9.60. The Bertz CT molecular complexity index is 418. The van der Waals surface area contributed by atoms with E-state index in [2.05, 4.69) is 46.9 Å². The molecule has 0 spiro atoms. The number of aryl methyl sites for hydroxylation is 2. The van der Waals surface area contributed by atoms with Crippen LogP contribution in [0.25, 0.3) is 0 Å². The van der Waals surface area contributed by atoms with Crippen LogP contribution in [0.3, 0.4) is 0 Å². The molecule has 2 atom stereocenters. The summed E-state index contributed by atoms with van der Waals surface area (Å²) in [5, 5.41) is 3.65. The van der Waals surface area contributed by atoms with Crippen LogP contribution in [0.2, 0.25) is 0 Å². The Hall–Kier alpha value is -1.07. The summed E-state index contributed by atoms with van der Waals surface area (Å²) >= 11 is 0. The van der Waals surface area contributed by atoms with Crippen molar-refractivity contribution < 1.29 is 4.74 Å². The van der Waals surface area contributed by atoms with E-state index in [0.29, 0.717) is 12.0 Å². The number of rotatable bonds is 6. The SMILES string of the molecule is COCCCn1cc(C)nc1NC1CCN(C)CC1C. The fourth-order valence-electron chi connectivity index (χ4n) is 2.95. The summed E-state index contributed by atoms with van der Waals surface area (Å²) in [5.41, 5.74) is 1.07. The van der Waals surface area contributed by atoms with E-state index >= 15 is 0 Å². The van der Waals surface area contributed by atoms with Crippen molar-refractivity contribution in [3.05, 3.63) is 11.9 Å². The first-order valence-electron chi connectivity index (χ1n) is 7.58. The highest BCUT2D eigenvalue weighted by atomic mass is 16.5. The number of hydrogen-bond acceptors (Lipinski definition) is 4. The number of methoxy groups -OCH3 is 1. The Kier molecular flexibility index (Phi) is 5.43. The average molecular weight is 280 g/mol. The second kappa shape index (κ2) is 7.09. The highest BCUT2D eigenvalue weighted by Crippen LogP contribution is 2.20. The van der Waals surface area contributed by atoms with E-state index < -0.39 is 0 Å². The van der Waals surface area contributed by atoms with Crippen molar-refractivity contribution in [1.29, 1.82) is 0 Å². The molecule has 1 fully saturated rings. The van der Waals surface area contributed by atoms with Crippen molar-refractivity contribution in [2.45, 2.75) is 39.3 Å². The van der Waals surface area contributed by atoms with Crippen LogP contribution in [0.15, 0.2) is 6.20 Å². The van der Waals surface area contributed by atoms with Gasteiger partial charge < -0.3 is 19.5 Å². The van der Waals surface area contributed by atoms with Gasteiger partial charge in [0.05, 0.1) is 5.69 Å². The van der Waals surface area contributed by atoms with Gasteiger partial charge in [-0.15, -0.1) is 0 Å². The lowest BCUT2D eigenvalue weighted by Crippen LogP contribution is -2.43. The van der Waals surface area contributed by atoms with Crippen LogP contribution in [0.5, 0.6) is 0 Å². The quantitative estimate of drug-likeness (QED) is 0.809. The predicted octanol–water partition coefficient (Wildman–Crippen LogP) is 1.98. The lowest BCUT2D eigenvalue weighted by atomic mass is 9.94. The zero-order valence-corrected chi connectivity index (χ0v) is 13.2. The number of piperidine rings is 1. The third kappa shape index (κ3) is 3.96. The maximum Gasteiger partial charge on any atom is 0.203 e. The van der Waals surface area contributed by atoms with E-state index in [0.717, 1.165) is 44.3 Å². The van der Waals surface area contributed by atoms with Crippen LogP contribution in [-0.2, 0) is 11.3 Å². The zero-order valence-electron chi connectivity index (χ0n) is 13.2. The van der Waals surface area contributed by atoms with Crippen LogP contribution < -0.4 is 5.32 Å². The van der Waals surface area contributed by atoms with E-state index in [1.165, 1.54) is 6.42 Å². The Morgan fingerprint density at radius 1 is 1.50 bits per heavy atom. The lowest BCUT2D eigenvalue weighted by Gasteiger charge is -2.35. The molecule has 5 heteroatoms. The van der Waals surface area contributed by atoms with Crippen molar-refractivity contribution in [3.63, 3.8) is 0 Å². The third-order valence-corrected chi connectivity index (χ3v) is 4.07. The van der Waals surface area contributed by atoms with Gasteiger partial charge in [0, 0.05) is 39.0 Å². The van der Waals surface area contributed by atoms with E-state index in [9.17, 15) is 0 Å². The molecular weight excluding hydrogens is 252 g/mol. The minimum Gasteiger partial charge on any atom is -0.385 e. The average Bonchev–Trinajstić information content (AvgIpc) is 2.73. The molecule has 0 amide bonds. The van der Waals surface area contributed by atoms with Gasteiger partial charge in [-0.2, -0.15) is 0 Å². The minimum atomic E-state index is 0.522. The Balaban J connectivity index is 1.97. The number of aromatic nitrogens is 2. The molecule has 0 radical (unpaired) electrons. The van der Waals surface area contributed by atoms with Crippen LogP contribution in [0.4, 0.5) is 5.95 Å². The topological polar surface area (TPSA) is 42.3 Å². The number of nitrogens with zero attached hydrogens (tertiary/aromatic N) is 3. The predicted molar refractivity (Wildman–Crippen MR) is 82.1 cm³/mol. The molecule has 2 rings (SSSR count). The van der Waals surface area contributed by atoms with Crippen LogP contribution >= 0.6 is 0 Å². The molecule has 1 N–H and O–H groups in total. The molecule has 2 unspecified atom stereocenters. The highest BCUT2D eigenvalue weighted by Gasteiger charge is 2.25. The normalized spacial score (nSPS) is 24.0. The second-order valence-electron chi connectivity index (χ2n) is 6.02. The van der Waals surface area contributed by atoms with E-state index in [-0.39, 0.29) is 0 Å². The number of anilines is 1. The monoisotopic (exact) mass is 280 g/mol. The molecule has 0 aliphatic carbocycles. The van der Waals surface area contributed by atoms with Crippen molar-refractivity contribution in [3.8, 4) is 0 Å². The van der Waals surface area contributed by atoms with Gasteiger partial charge >= 0.3 is 0 Å². The van der Waals surface area contributed by atoms with Gasteiger partial charge in [0.15, 0.2) is 0 Å². The summed E-state index contributed by atoms with van der Waals surface area (Å²) in [5.74, 6) is 1.66. The van der Waals surface area contributed by atoms with E-state index in [4.69, 9.17) is 4.74 Å². The van der Waals surface area contributed by atoms with Crippen LogP contribution in [-0.4, -0.2) is 54.3 Å².